The Bertz CT molecular complexity index is 243. The van der Waals surface area contributed by atoms with E-state index in [1.54, 1.807) is 32.2 Å². The molecule has 0 aliphatic heterocycles. The molecule has 3 nitrogen and oxygen atoms in total. The van der Waals surface area contributed by atoms with Gasteiger partial charge in [-0.25, -0.2) is 4.98 Å². The van der Waals surface area contributed by atoms with Gasteiger partial charge in [-0.05, 0) is 12.3 Å². The third-order valence-electron chi connectivity index (χ3n) is 1.45. The Morgan fingerprint density at radius 2 is 2.08 bits per heavy atom. The Hall–Kier alpha value is -0.900. The zero-order chi connectivity index (χ0) is 8.97. The molecule has 0 aliphatic rings. The molecule has 0 aromatic carbocycles. The van der Waals surface area contributed by atoms with Crippen molar-refractivity contribution in [3.05, 3.63) is 12.3 Å². The van der Waals surface area contributed by atoms with Crippen molar-refractivity contribution in [3.8, 4) is 11.6 Å². The van der Waals surface area contributed by atoms with E-state index in [9.17, 15) is 0 Å². The van der Waals surface area contributed by atoms with E-state index >= 15 is 0 Å². The summed E-state index contributed by atoms with van der Waals surface area (Å²) in [6.07, 6.45) is 3.68. The topological polar surface area (TPSA) is 31.4 Å². The predicted molar refractivity (Wildman–Crippen MR) is 49.1 cm³/mol. The van der Waals surface area contributed by atoms with Gasteiger partial charge in [0.2, 0.25) is 0 Å². The van der Waals surface area contributed by atoms with Crippen LogP contribution in [0.25, 0.3) is 0 Å². The molecule has 0 aliphatic carbocycles. The quantitative estimate of drug-likeness (QED) is 0.672. The summed E-state index contributed by atoms with van der Waals surface area (Å²) in [5, 5.41) is 0. The molecular formula is C8H11NO2S. The van der Waals surface area contributed by atoms with Crippen LogP contribution in [-0.2, 0) is 0 Å². The summed E-state index contributed by atoms with van der Waals surface area (Å²) in [5.41, 5.74) is 0. The van der Waals surface area contributed by atoms with Gasteiger partial charge >= 0.3 is 0 Å². The van der Waals surface area contributed by atoms with E-state index in [1.165, 1.54) is 0 Å². The minimum absolute atomic E-state index is 0.532. The normalized spacial score (nSPS) is 9.58. The molecule has 0 unspecified atom stereocenters. The van der Waals surface area contributed by atoms with Gasteiger partial charge in [0, 0.05) is 6.20 Å². The van der Waals surface area contributed by atoms with E-state index < -0.39 is 0 Å². The highest BCUT2D eigenvalue weighted by molar-refractivity contribution is 7.98. The fourth-order valence-electron chi connectivity index (χ4n) is 0.906. The Kier molecular flexibility index (Phi) is 3.22. The third-order valence-corrected chi connectivity index (χ3v) is 2.21. The van der Waals surface area contributed by atoms with Crippen LogP contribution in [0.2, 0.25) is 0 Å². The first-order chi connectivity index (χ1) is 5.83. The maximum Gasteiger partial charge on any atom is 0.257 e. The fourth-order valence-corrected chi connectivity index (χ4v) is 1.46. The smallest absolute Gasteiger partial charge is 0.257 e. The van der Waals surface area contributed by atoms with E-state index in [0.717, 1.165) is 4.90 Å². The summed E-state index contributed by atoms with van der Waals surface area (Å²) in [6.45, 7) is 0. The minimum Gasteiger partial charge on any atom is -0.490 e. The average molecular weight is 185 g/mol. The molecule has 1 aromatic rings. The standard InChI is InChI=1S/C8H11NO2S/c1-10-7-6(12-3)4-5-9-8(7)11-2/h4-5H,1-3H3. The number of rotatable bonds is 3. The highest BCUT2D eigenvalue weighted by atomic mass is 32.2. The molecule has 0 saturated carbocycles. The molecule has 1 aromatic heterocycles. The van der Waals surface area contributed by atoms with Crippen LogP contribution in [0.15, 0.2) is 17.2 Å². The molecule has 12 heavy (non-hydrogen) atoms. The Balaban J connectivity index is 3.13. The van der Waals surface area contributed by atoms with E-state index in [2.05, 4.69) is 4.98 Å². The Labute approximate surface area is 76.1 Å². The van der Waals surface area contributed by atoms with Crippen LogP contribution in [0, 0.1) is 0 Å². The lowest BCUT2D eigenvalue weighted by molar-refractivity contribution is 0.336. The van der Waals surface area contributed by atoms with Crippen molar-refractivity contribution >= 4 is 11.8 Å². The van der Waals surface area contributed by atoms with Crippen molar-refractivity contribution < 1.29 is 9.47 Å². The van der Waals surface area contributed by atoms with Gasteiger partial charge in [0.15, 0.2) is 5.75 Å². The van der Waals surface area contributed by atoms with E-state index in [1.807, 2.05) is 12.3 Å². The average Bonchev–Trinajstić information content (AvgIpc) is 2.16. The second-order valence-corrected chi connectivity index (χ2v) is 2.90. The van der Waals surface area contributed by atoms with Crippen molar-refractivity contribution in [2.24, 2.45) is 0 Å². The number of aromatic nitrogens is 1. The number of ether oxygens (including phenoxy) is 2. The number of methoxy groups -OCH3 is 2. The van der Waals surface area contributed by atoms with E-state index in [4.69, 9.17) is 9.47 Å². The second kappa shape index (κ2) is 4.21. The molecule has 0 fully saturated rings. The first-order valence-corrected chi connectivity index (χ1v) is 4.67. The molecule has 0 radical (unpaired) electrons. The lowest BCUT2D eigenvalue weighted by Crippen LogP contribution is -1.94. The molecule has 0 atom stereocenters. The summed E-state index contributed by atoms with van der Waals surface area (Å²) in [6, 6.07) is 1.89. The molecule has 1 heterocycles. The summed E-state index contributed by atoms with van der Waals surface area (Å²) in [4.78, 5) is 5.05. The van der Waals surface area contributed by atoms with Crippen molar-refractivity contribution in [1.29, 1.82) is 0 Å². The summed E-state index contributed by atoms with van der Waals surface area (Å²) in [7, 11) is 3.19. The van der Waals surface area contributed by atoms with Crippen molar-refractivity contribution in [2.45, 2.75) is 4.90 Å². The van der Waals surface area contributed by atoms with E-state index in [-0.39, 0.29) is 0 Å². The highest BCUT2D eigenvalue weighted by Crippen LogP contribution is 2.33. The van der Waals surface area contributed by atoms with Crippen LogP contribution >= 0.6 is 11.8 Å². The lowest BCUT2D eigenvalue weighted by atomic mass is 10.4. The van der Waals surface area contributed by atoms with Gasteiger partial charge in [0.25, 0.3) is 5.88 Å². The van der Waals surface area contributed by atoms with Crippen LogP contribution in [0.4, 0.5) is 0 Å². The first-order valence-electron chi connectivity index (χ1n) is 3.44. The molecular weight excluding hydrogens is 174 g/mol. The van der Waals surface area contributed by atoms with Crippen LogP contribution in [-0.4, -0.2) is 25.5 Å². The summed E-state index contributed by atoms with van der Waals surface area (Å²) in [5.74, 6) is 1.23. The monoisotopic (exact) mass is 185 g/mol. The molecule has 0 amide bonds. The predicted octanol–water partition coefficient (Wildman–Crippen LogP) is 1.82. The number of hydrogen-bond acceptors (Lipinski definition) is 4. The number of nitrogens with zero attached hydrogens (tertiary/aromatic N) is 1. The van der Waals surface area contributed by atoms with Crippen LogP contribution in [0.1, 0.15) is 0 Å². The van der Waals surface area contributed by atoms with Crippen molar-refractivity contribution in [3.63, 3.8) is 0 Å². The summed E-state index contributed by atoms with van der Waals surface area (Å²) < 4.78 is 10.2. The van der Waals surface area contributed by atoms with Gasteiger partial charge in [-0.1, -0.05) is 0 Å². The first kappa shape index (κ1) is 9.19. The molecule has 0 bridgehead atoms. The highest BCUT2D eigenvalue weighted by Gasteiger charge is 2.08. The zero-order valence-electron chi connectivity index (χ0n) is 7.33. The second-order valence-electron chi connectivity index (χ2n) is 2.06. The van der Waals surface area contributed by atoms with Crippen molar-refractivity contribution in [2.75, 3.05) is 20.5 Å². The number of hydrogen-bond donors (Lipinski definition) is 0. The third kappa shape index (κ3) is 1.64. The van der Waals surface area contributed by atoms with Gasteiger partial charge in [0.05, 0.1) is 19.1 Å². The van der Waals surface area contributed by atoms with Gasteiger partial charge < -0.3 is 9.47 Å². The van der Waals surface area contributed by atoms with E-state index in [0.29, 0.717) is 11.6 Å². The van der Waals surface area contributed by atoms with Crippen LogP contribution < -0.4 is 9.47 Å². The van der Waals surface area contributed by atoms with Crippen molar-refractivity contribution in [1.82, 2.24) is 4.98 Å². The zero-order valence-corrected chi connectivity index (χ0v) is 8.14. The number of pyridine rings is 1. The molecule has 1 rings (SSSR count). The molecule has 4 heteroatoms. The number of thioether (sulfide) groups is 1. The largest absolute Gasteiger partial charge is 0.490 e. The Morgan fingerprint density at radius 3 is 2.58 bits per heavy atom. The molecule has 66 valence electrons. The molecule has 0 N–H and O–H groups in total. The molecule has 0 saturated heterocycles. The van der Waals surface area contributed by atoms with Gasteiger partial charge in [-0.2, -0.15) is 0 Å². The molecule has 0 spiro atoms. The van der Waals surface area contributed by atoms with Crippen LogP contribution in [0.5, 0.6) is 11.6 Å². The maximum absolute atomic E-state index is 5.15. The SMILES string of the molecule is COc1nccc(SC)c1OC. The van der Waals surface area contributed by atoms with Gasteiger partial charge in [-0.3, -0.25) is 0 Å². The fraction of sp³-hybridized carbons (Fsp3) is 0.375. The Morgan fingerprint density at radius 1 is 1.33 bits per heavy atom. The van der Waals surface area contributed by atoms with Gasteiger partial charge in [0.1, 0.15) is 0 Å². The minimum atomic E-state index is 0.532. The van der Waals surface area contributed by atoms with Gasteiger partial charge in [-0.15, -0.1) is 11.8 Å². The summed E-state index contributed by atoms with van der Waals surface area (Å²) >= 11 is 1.60. The lowest BCUT2D eigenvalue weighted by Gasteiger charge is -2.08. The maximum atomic E-state index is 5.15. The van der Waals surface area contributed by atoms with Crippen LogP contribution in [0.3, 0.4) is 0 Å².